The summed E-state index contributed by atoms with van der Waals surface area (Å²) in [5.74, 6) is 5.70. The second kappa shape index (κ2) is 1.31. The molecule has 0 nitrogen and oxygen atoms in total. The first-order valence-corrected chi connectivity index (χ1v) is 6.90. The van der Waals surface area contributed by atoms with E-state index in [1.54, 1.807) is 19.3 Å². The van der Waals surface area contributed by atoms with Crippen molar-refractivity contribution in [1.82, 2.24) is 0 Å². The molecule has 6 rings (SSSR count). The molecule has 0 saturated heterocycles. The zero-order valence-corrected chi connectivity index (χ0v) is 9.43. The third-order valence-corrected chi connectivity index (χ3v) is 9.00. The molecule has 0 radical (unpaired) electrons. The Hall–Kier alpha value is 0.350. The van der Waals surface area contributed by atoms with Crippen molar-refractivity contribution in [3.63, 3.8) is 0 Å². The summed E-state index contributed by atoms with van der Waals surface area (Å²) >= 11 is 4.86. The van der Waals surface area contributed by atoms with Crippen molar-refractivity contribution in [1.29, 1.82) is 0 Å². The van der Waals surface area contributed by atoms with E-state index in [-0.39, 0.29) is 0 Å². The van der Waals surface area contributed by atoms with Crippen LogP contribution in [-0.4, -0.2) is 5.25 Å². The Labute approximate surface area is 90.2 Å². The summed E-state index contributed by atoms with van der Waals surface area (Å²) in [5.41, 5.74) is 2.70. The molecule has 74 valence electrons. The molecule has 0 aromatic heterocycles. The Morgan fingerprint density at radius 1 is 1.21 bits per heavy atom. The third-order valence-electron chi connectivity index (χ3n) is 8.32. The largest absolute Gasteiger partial charge is 0.175 e. The molecule has 14 heavy (non-hydrogen) atoms. The first kappa shape index (κ1) is 6.83. The zero-order valence-electron chi connectivity index (χ0n) is 8.53. The molecule has 0 aliphatic heterocycles. The normalized spacial score (nSPS) is 93.0. The van der Waals surface area contributed by atoms with E-state index in [4.69, 9.17) is 12.6 Å². The molecular formula is C13H16S. The minimum atomic E-state index is 0.821. The van der Waals surface area contributed by atoms with Crippen LogP contribution in [0.25, 0.3) is 0 Å². The van der Waals surface area contributed by atoms with Crippen LogP contribution in [0.5, 0.6) is 0 Å². The van der Waals surface area contributed by atoms with Gasteiger partial charge in [-0.05, 0) is 65.1 Å². The average molecular weight is 204 g/mol. The van der Waals surface area contributed by atoms with Crippen LogP contribution in [0.3, 0.4) is 0 Å². The minimum absolute atomic E-state index is 0.821. The van der Waals surface area contributed by atoms with Gasteiger partial charge >= 0.3 is 0 Å². The maximum Gasteiger partial charge on any atom is 0.00880 e. The molecule has 6 saturated carbocycles. The molecule has 0 bridgehead atoms. The van der Waals surface area contributed by atoms with Gasteiger partial charge in [-0.25, -0.2) is 0 Å². The lowest BCUT2D eigenvalue weighted by Crippen LogP contribution is -3.07. The predicted octanol–water partition coefficient (Wildman–Crippen LogP) is 2.60. The van der Waals surface area contributed by atoms with Gasteiger partial charge in [0.1, 0.15) is 0 Å². The molecule has 0 aromatic rings. The molecule has 9 atom stereocenters. The summed E-state index contributed by atoms with van der Waals surface area (Å²) in [5, 5.41) is 0.821. The molecule has 6 aliphatic rings. The van der Waals surface area contributed by atoms with Crippen LogP contribution < -0.4 is 0 Å². The van der Waals surface area contributed by atoms with Crippen LogP contribution >= 0.6 is 12.6 Å². The molecule has 6 aliphatic carbocycles. The van der Waals surface area contributed by atoms with Crippen molar-refractivity contribution in [3.8, 4) is 0 Å². The lowest BCUT2D eigenvalue weighted by Gasteiger charge is -3.10. The SMILES string of the molecule is CC12CC3C(S)C4C5CC6CC1C65C342. The Morgan fingerprint density at radius 2 is 2.07 bits per heavy atom. The quantitative estimate of drug-likeness (QED) is 0.576. The van der Waals surface area contributed by atoms with Crippen molar-refractivity contribution in [3.05, 3.63) is 0 Å². The molecule has 0 amide bonds. The van der Waals surface area contributed by atoms with E-state index in [2.05, 4.69) is 6.92 Å². The van der Waals surface area contributed by atoms with E-state index in [0.29, 0.717) is 0 Å². The molecule has 0 N–H and O–H groups in total. The van der Waals surface area contributed by atoms with Crippen LogP contribution in [-0.2, 0) is 0 Å². The van der Waals surface area contributed by atoms with E-state index in [1.165, 1.54) is 17.8 Å². The third kappa shape index (κ3) is 0.253. The lowest BCUT2D eigenvalue weighted by molar-refractivity contribution is -0.617. The van der Waals surface area contributed by atoms with Crippen LogP contribution in [0.15, 0.2) is 0 Å². The molecule has 9 unspecified atom stereocenters. The van der Waals surface area contributed by atoms with E-state index >= 15 is 0 Å². The van der Waals surface area contributed by atoms with E-state index in [9.17, 15) is 0 Å². The van der Waals surface area contributed by atoms with Gasteiger partial charge in [-0.15, -0.1) is 0 Å². The summed E-state index contributed by atoms with van der Waals surface area (Å²) in [6.45, 7) is 2.62. The first-order chi connectivity index (χ1) is 6.70. The summed E-state index contributed by atoms with van der Waals surface area (Å²) < 4.78 is 0. The highest BCUT2D eigenvalue weighted by Crippen LogP contribution is 3.10. The molecule has 0 heterocycles. The second-order valence-corrected chi connectivity index (χ2v) is 7.97. The van der Waals surface area contributed by atoms with Crippen LogP contribution in [0.4, 0.5) is 0 Å². The number of rotatable bonds is 0. The lowest BCUT2D eigenvalue weighted by atomic mass is 8.95. The number of fused-ring (bicyclic) bond motifs is 2. The Bertz CT molecular complexity index is 417. The Balaban J connectivity index is 1.64. The standard InChI is InChI=1S/C13H16S/c1-11-4-7-10(14)9-6-2-5-3-8(11)12(5,6)13(7,9)11/h5-10,14H,2-4H2,1H3. The Morgan fingerprint density at radius 3 is 2.86 bits per heavy atom. The van der Waals surface area contributed by atoms with Crippen molar-refractivity contribution in [2.45, 2.75) is 31.4 Å². The monoisotopic (exact) mass is 204 g/mol. The number of hydrogen-bond donors (Lipinski definition) is 1. The summed E-state index contributed by atoms with van der Waals surface area (Å²) in [4.78, 5) is 0. The first-order valence-electron chi connectivity index (χ1n) is 6.39. The highest BCUT2D eigenvalue weighted by molar-refractivity contribution is 7.81. The van der Waals surface area contributed by atoms with E-state index in [1.807, 2.05) is 0 Å². The summed E-state index contributed by atoms with van der Waals surface area (Å²) in [7, 11) is 0. The van der Waals surface area contributed by atoms with Crippen LogP contribution in [0, 0.1) is 45.8 Å². The van der Waals surface area contributed by atoms with Crippen molar-refractivity contribution in [2.75, 3.05) is 0 Å². The van der Waals surface area contributed by atoms with Gasteiger partial charge in [0.25, 0.3) is 0 Å². The van der Waals surface area contributed by atoms with Crippen LogP contribution in [0.1, 0.15) is 26.2 Å². The highest BCUT2D eigenvalue weighted by atomic mass is 32.1. The van der Waals surface area contributed by atoms with Gasteiger partial charge in [0.2, 0.25) is 0 Å². The zero-order chi connectivity index (χ0) is 9.09. The van der Waals surface area contributed by atoms with Crippen molar-refractivity contribution in [2.24, 2.45) is 45.8 Å². The Kier molecular flexibility index (Phi) is 0.642. The fourth-order valence-electron chi connectivity index (χ4n) is 8.57. The second-order valence-electron chi connectivity index (χ2n) is 7.37. The van der Waals surface area contributed by atoms with Crippen LogP contribution in [0.2, 0.25) is 0 Å². The van der Waals surface area contributed by atoms with Crippen molar-refractivity contribution >= 4 is 12.6 Å². The fourth-order valence-corrected chi connectivity index (χ4v) is 9.35. The average Bonchev–Trinajstić information content (AvgIpc) is 2.10. The number of thiol groups is 1. The molecule has 1 heteroatoms. The van der Waals surface area contributed by atoms with Gasteiger partial charge in [-0.1, -0.05) is 6.92 Å². The van der Waals surface area contributed by atoms with Crippen molar-refractivity contribution < 1.29 is 0 Å². The molecule has 2 spiro atoms. The smallest absolute Gasteiger partial charge is 0.00880 e. The molecule has 0 aromatic carbocycles. The number of hydrogen-bond acceptors (Lipinski definition) is 1. The highest BCUT2D eigenvalue weighted by Gasteiger charge is 3.06. The van der Waals surface area contributed by atoms with E-state index in [0.717, 1.165) is 33.3 Å². The summed E-state index contributed by atoms with van der Waals surface area (Å²) in [6, 6.07) is 0. The van der Waals surface area contributed by atoms with Gasteiger partial charge in [0.05, 0.1) is 0 Å². The maximum absolute atomic E-state index is 4.86. The van der Waals surface area contributed by atoms with Gasteiger partial charge in [-0.2, -0.15) is 12.6 Å². The topological polar surface area (TPSA) is 0 Å². The summed E-state index contributed by atoms with van der Waals surface area (Å²) in [6.07, 6.45) is 4.76. The van der Waals surface area contributed by atoms with Gasteiger partial charge < -0.3 is 0 Å². The molecular weight excluding hydrogens is 188 g/mol. The maximum atomic E-state index is 4.86. The fraction of sp³-hybridized carbons (Fsp3) is 1.00. The molecule has 6 fully saturated rings. The van der Waals surface area contributed by atoms with Gasteiger partial charge in [-0.3, -0.25) is 0 Å². The minimum Gasteiger partial charge on any atom is -0.175 e. The van der Waals surface area contributed by atoms with E-state index < -0.39 is 0 Å². The predicted molar refractivity (Wildman–Crippen MR) is 57.0 cm³/mol. The van der Waals surface area contributed by atoms with Gasteiger partial charge in [0, 0.05) is 5.25 Å². The van der Waals surface area contributed by atoms with Gasteiger partial charge in [0.15, 0.2) is 0 Å².